The molecule has 0 aliphatic heterocycles. The zero-order chi connectivity index (χ0) is 7.68. The van der Waals surface area contributed by atoms with E-state index in [1.54, 1.807) is 0 Å². The van der Waals surface area contributed by atoms with E-state index in [1.807, 2.05) is 12.1 Å². The van der Waals surface area contributed by atoms with E-state index in [1.165, 1.54) is 30.5 Å². The normalized spacial score (nSPS) is 17.9. The van der Waals surface area contributed by atoms with Crippen molar-refractivity contribution in [3.05, 3.63) is 42.1 Å². The number of hydrogen-bond donors (Lipinski definition) is 0. The molecule has 1 fully saturated rings. The van der Waals surface area contributed by atoms with Gasteiger partial charge in [-0.2, -0.15) is 0 Å². The Labute approximate surface area is 66.1 Å². The summed E-state index contributed by atoms with van der Waals surface area (Å²) in [4.78, 5) is 0. The van der Waals surface area contributed by atoms with Gasteiger partial charge in [0.1, 0.15) is 5.82 Å². The molecular formula is C10H10F. The van der Waals surface area contributed by atoms with Crippen LogP contribution in [0.5, 0.6) is 0 Å². The van der Waals surface area contributed by atoms with Gasteiger partial charge in [0.2, 0.25) is 0 Å². The van der Waals surface area contributed by atoms with Crippen LogP contribution in [0.4, 0.5) is 4.39 Å². The third-order valence-corrected chi connectivity index (χ3v) is 2.23. The van der Waals surface area contributed by atoms with E-state index in [0.717, 1.165) is 0 Å². The van der Waals surface area contributed by atoms with Gasteiger partial charge in [-0.3, -0.25) is 0 Å². The zero-order valence-corrected chi connectivity index (χ0v) is 6.26. The average molecular weight is 149 g/mol. The van der Waals surface area contributed by atoms with Gasteiger partial charge in [0, 0.05) is 0 Å². The molecular weight excluding hydrogens is 139 g/mol. The van der Waals surface area contributed by atoms with Crippen LogP contribution in [0.1, 0.15) is 24.3 Å². The number of rotatable bonds is 1. The molecule has 1 unspecified atom stereocenters. The van der Waals surface area contributed by atoms with Crippen molar-refractivity contribution >= 4 is 0 Å². The van der Waals surface area contributed by atoms with Crippen molar-refractivity contribution in [1.29, 1.82) is 0 Å². The summed E-state index contributed by atoms with van der Waals surface area (Å²) in [5.41, 5.74) is 1.25. The Hall–Kier alpha value is -0.850. The van der Waals surface area contributed by atoms with Gasteiger partial charge < -0.3 is 0 Å². The smallest absolute Gasteiger partial charge is 0.123 e. The summed E-state index contributed by atoms with van der Waals surface area (Å²) in [6.45, 7) is 0. The van der Waals surface area contributed by atoms with Gasteiger partial charge >= 0.3 is 0 Å². The molecule has 57 valence electrons. The molecule has 0 saturated heterocycles. The molecule has 0 bridgehead atoms. The summed E-state index contributed by atoms with van der Waals surface area (Å²) in [7, 11) is 0. The highest BCUT2D eigenvalue weighted by Gasteiger charge is 2.19. The predicted molar refractivity (Wildman–Crippen MR) is 42.7 cm³/mol. The lowest BCUT2D eigenvalue weighted by Gasteiger charge is -2.25. The molecule has 1 heteroatoms. The van der Waals surface area contributed by atoms with E-state index >= 15 is 0 Å². The first-order chi connectivity index (χ1) is 5.36. The highest BCUT2D eigenvalue weighted by atomic mass is 19.1. The summed E-state index contributed by atoms with van der Waals surface area (Å²) >= 11 is 0. The molecule has 11 heavy (non-hydrogen) atoms. The Balaban J connectivity index is 2.18. The van der Waals surface area contributed by atoms with Crippen molar-refractivity contribution in [2.75, 3.05) is 0 Å². The molecule has 0 amide bonds. The summed E-state index contributed by atoms with van der Waals surface area (Å²) < 4.78 is 12.5. The Morgan fingerprint density at radius 1 is 1.18 bits per heavy atom. The van der Waals surface area contributed by atoms with Crippen molar-refractivity contribution in [2.24, 2.45) is 0 Å². The largest absolute Gasteiger partial charge is 0.207 e. The standard InChI is InChI=1S/C10H10F/c11-10-6-4-9(5-7-10)8-2-1-3-8/h2,4-8H,1,3H2. The molecule has 1 aromatic carbocycles. The quantitative estimate of drug-likeness (QED) is 0.576. The molecule has 1 aliphatic carbocycles. The minimum absolute atomic E-state index is 0.145. The molecule has 1 aliphatic rings. The SMILES string of the molecule is Fc1ccc(C2[CH]CC2)cc1. The third-order valence-electron chi connectivity index (χ3n) is 2.23. The third kappa shape index (κ3) is 1.28. The molecule has 0 nitrogen and oxygen atoms in total. The first kappa shape index (κ1) is 6.84. The van der Waals surface area contributed by atoms with Crippen molar-refractivity contribution in [1.82, 2.24) is 0 Å². The maximum atomic E-state index is 12.5. The van der Waals surface area contributed by atoms with Crippen molar-refractivity contribution in [2.45, 2.75) is 18.8 Å². The van der Waals surface area contributed by atoms with E-state index in [2.05, 4.69) is 6.42 Å². The topological polar surface area (TPSA) is 0 Å². The molecule has 0 aromatic heterocycles. The van der Waals surface area contributed by atoms with Gasteiger partial charge in [0.15, 0.2) is 0 Å². The number of halogens is 1. The van der Waals surface area contributed by atoms with E-state index in [-0.39, 0.29) is 5.82 Å². The summed E-state index contributed by atoms with van der Waals surface area (Å²) in [6.07, 6.45) is 4.71. The highest BCUT2D eigenvalue weighted by molar-refractivity contribution is 5.25. The fraction of sp³-hybridized carbons (Fsp3) is 0.300. The second kappa shape index (κ2) is 2.65. The Morgan fingerprint density at radius 3 is 2.27 bits per heavy atom. The van der Waals surface area contributed by atoms with Gasteiger partial charge in [-0.05, 0) is 42.9 Å². The van der Waals surface area contributed by atoms with E-state index in [9.17, 15) is 4.39 Å². The lowest BCUT2D eigenvalue weighted by atomic mass is 9.80. The van der Waals surface area contributed by atoms with Gasteiger partial charge in [-0.15, -0.1) is 0 Å². The van der Waals surface area contributed by atoms with E-state index in [4.69, 9.17) is 0 Å². The maximum absolute atomic E-state index is 12.5. The average Bonchev–Trinajstić information content (AvgIpc) is 1.90. The van der Waals surface area contributed by atoms with Crippen molar-refractivity contribution in [3.63, 3.8) is 0 Å². The van der Waals surface area contributed by atoms with Crippen LogP contribution in [0, 0.1) is 12.2 Å². The minimum atomic E-state index is -0.145. The first-order valence-corrected chi connectivity index (χ1v) is 3.95. The molecule has 1 saturated carbocycles. The molecule has 0 N–H and O–H groups in total. The predicted octanol–water partition coefficient (Wildman–Crippen LogP) is 2.91. The van der Waals surface area contributed by atoms with Crippen molar-refractivity contribution in [3.8, 4) is 0 Å². The summed E-state index contributed by atoms with van der Waals surface area (Å²) in [5.74, 6) is 0.448. The van der Waals surface area contributed by atoms with Crippen LogP contribution in [0.3, 0.4) is 0 Å². The Kier molecular flexibility index (Phi) is 1.65. The highest BCUT2D eigenvalue weighted by Crippen LogP contribution is 2.34. The molecule has 1 radical (unpaired) electrons. The number of hydrogen-bond acceptors (Lipinski definition) is 0. The van der Waals surface area contributed by atoms with Gasteiger partial charge in [-0.25, -0.2) is 4.39 Å². The molecule has 2 rings (SSSR count). The van der Waals surface area contributed by atoms with Gasteiger partial charge in [-0.1, -0.05) is 12.1 Å². The summed E-state index contributed by atoms with van der Waals surface area (Å²) in [5, 5.41) is 0. The van der Waals surface area contributed by atoms with E-state index < -0.39 is 0 Å². The van der Waals surface area contributed by atoms with Gasteiger partial charge in [0.25, 0.3) is 0 Å². The minimum Gasteiger partial charge on any atom is -0.207 e. The van der Waals surface area contributed by atoms with Crippen LogP contribution in [0.2, 0.25) is 0 Å². The lowest BCUT2D eigenvalue weighted by Crippen LogP contribution is -2.09. The zero-order valence-electron chi connectivity index (χ0n) is 6.26. The second-order valence-corrected chi connectivity index (χ2v) is 2.97. The Bertz CT molecular complexity index is 234. The fourth-order valence-corrected chi connectivity index (χ4v) is 1.35. The Morgan fingerprint density at radius 2 is 1.82 bits per heavy atom. The van der Waals surface area contributed by atoms with E-state index in [0.29, 0.717) is 5.92 Å². The molecule has 0 spiro atoms. The van der Waals surface area contributed by atoms with Gasteiger partial charge in [0.05, 0.1) is 0 Å². The molecule has 1 atom stereocenters. The lowest BCUT2D eigenvalue weighted by molar-refractivity contribution is 0.551. The maximum Gasteiger partial charge on any atom is 0.123 e. The van der Waals surface area contributed by atoms with Crippen LogP contribution in [0.15, 0.2) is 24.3 Å². The first-order valence-electron chi connectivity index (χ1n) is 3.95. The number of benzene rings is 1. The van der Waals surface area contributed by atoms with Crippen LogP contribution in [-0.4, -0.2) is 0 Å². The fourth-order valence-electron chi connectivity index (χ4n) is 1.35. The molecule has 0 heterocycles. The van der Waals surface area contributed by atoms with Crippen LogP contribution in [0.25, 0.3) is 0 Å². The van der Waals surface area contributed by atoms with Crippen LogP contribution < -0.4 is 0 Å². The van der Waals surface area contributed by atoms with Crippen LogP contribution in [-0.2, 0) is 0 Å². The second-order valence-electron chi connectivity index (χ2n) is 2.97. The molecule has 1 aromatic rings. The van der Waals surface area contributed by atoms with Crippen LogP contribution >= 0.6 is 0 Å². The van der Waals surface area contributed by atoms with Crippen molar-refractivity contribution < 1.29 is 4.39 Å². The monoisotopic (exact) mass is 149 g/mol. The summed E-state index contributed by atoms with van der Waals surface area (Å²) in [6, 6.07) is 6.80.